The maximum Gasteiger partial charge on any atom is 0.401 e. The van der Waals surface area contributed by atoms with Crippen molar-refractivity contribution in [2.24, 2.45) is 5.92 Å². The number of alkyl halides is 3. The number of hydrogen-bond donors (Lipinski definition) is 1. The van der Waals surface area contributed by atoms with Crippen molar-refractivity contribution in [1.82, 2.24) is 10.2 Å². The number of carbonyl (C=O) groups excluding carboxylic acids is 1. The number of nitrogens with one attached hydrogen (secondary N) is 1. The Kier molecular flexibility index (Phi) is 4.65. The molecule has 0 radical (unpaired) electrons. The van der Waals surface area contributed by atoms with Gasteiger partial charge in [0.15, 0.2) is 0 Å². The molecule has 0 bridgehead atoms. The summed E-state index contributed by atoms with van der Waals surface area (Å²) in [5, 5.41) is 2.78. The van der Waals surface area contributed by atoms with Gasteiger partial charge in [-0.15, -0.1) is 0 Å². The van der Waals surface area contributed by atoms with E-state index in [0.717, 1.165) is 0 Å². The molecule has 1 saturated heterocycles. The molecule has 1 amide bonds. The molecular weight excluding hydrogens is 269 g/mol. The van der Waals surface area contributed by atoms with Crippen LogP contribution in [-0.2, 0) is 0 Å². The Labute approximate surface area is 115 Å². The molecule has 1 aliphatic heterocycles. The van der Waals surface area contributed by atoms with Gasteiger partial charge >= 0.3 is 6.18 Å². The Hall–Kier alpha value is -1.56. The van der Waals surface area contributed by atoms with Gasteiger partial charge in [-0.25, -0.2) is 0 Å². The van der Waals surface area contributed by atoms with E-state index < -0.39 is 12.7 Å². The van der Waals surface area contributed by atoms with Crippen molar-refractivity contribution in [1.29, 1.82) is 0 Å². The van der Waals surface area contributed by atoms with E-state index in [9.17, 15) is 18.0 Å². The van der Waals surface area contributed by atoms with E-state index in [2.05, 4.69) is 5.32 Å². The fraction of sp³-hybridized carbons (Fsp3) is 0.500. The van der Waals surface area contributed by atoms with Crippen LogP contribution in [0.3, 0.4) is 0 Å². The molecule has 3 nitrogen and oxygen atoms in total. The molecule has 1 aliphatic rings. The lowest BCUT2D eigenvalue weighted by atomic mass is 10.1. The predicted octanol–water partition coefficient (Wildman–Crippen LogP) is 2.30. The average Bonchev–Trinajstić information content (AvgIpc) is 2.82. The van der Waals surface area contributed by atoms with Gasteiger partial charge in [-0.2, -0.15) is 13.2 Å². The van der Waals surface area contributed by atoms with E-state index in [-0.39, 0.29) is 11.8 Å². The molecule has 0 spiro atoms. The van der Waals surface area contributed by atoms with Crippen LogP contribution in [-0.4, -0.2) is 43.2 Å². The molecule has 1 atom stereocenters. The van der Waals surface area contributed by atoms with E-state index in [4.69, 9.17) is 0 Å². The van der Waals surface area contributed by atoms with Crippen molar-refractivity contribution >= 4 is 5.91 Å². The molecule has 110 valence electrons. The number of benzene rings is 1. The number of likely N-dealkylation sites (tertiary alicyclic amines) is 1. The summed E-state index contributed by atoms with van der Waals surface area (Å²) in [4.78, 5) is 13.2. The third-order valence-corrected chi connectivity index (χ3v) is 3.36. The zero-order valence-corrected chi connectivity index (χ0v) is 11.0. The molecule has 1 fully saturated rings. The van der Waals surface area contributed by atoms with Gasteiger partial charge in [-0.1, -0.05) is 18.2 Å². The van der Waals surface area contributed by atoms with E-state index in [1.54, 1.807) is 24.3 Å². The fourth-order valence-corrected chi connectivity index (χ4v) is 2.41. The summed E-state index contributed by atoms with van der Waals surface area (Å²) in [7, 11) is 0. The molecule has 1 aromatic carbocycles. The maximum absolute atomic E-state index is 12.3. The molecule has 2 rings (SSSR count). The summed E-state index contributed by atoms with van der Waals surface area (Å²) in [5.74, 6) is -0.0927. The molecule has 0 aliphatic carbocycles. The lowest BCUT2D eigenvalue weighted by Gasteiger charge is -2.18. The summed E-state index contributed by atoms with van der Waals surface area (Å²) < 4.78 is 36.8. The first-order chi connectivity index (χ1) is 9.44. The quantitative estimate of drug-likeness (QED) is 0.921. The second kappa shape index (κ2) is 6.26. The minimum Gasteiger partial charge on any atom is -0.352 e. The van der Waals surface area contributed by atoms with Crippen LogP contribution in [0.1, 0.15) is 16.8 Å². The van der Waals surface area contributed by atoms with Crippen LogP contribution >= 0.6 is 0 Å². The Morgan fingerprint density at radius 3 is 2.65 bits per heavy atom. The number of rotatable bonds is 4. The molecule has 6 heteroatoms. The SMILES string of the molecule is O=C(NCC1CCN(CC(F)(F)F)C1)c1ccccc1. The van der Waals surface area contributed by atoms with Gasteiger partial charge in [0.2, 0.25) is 0 Å². The minimum atomic E-state index is -4.15. The van der Waals surface area contributed by atoms with Gasteiger partial charge in [0.05, 0.1) is 6.54 Å². The highest BCUT2D eigenvalue weighted by atomic mass is 19.4. The topological polar surface area (TPSA) is 32.3 Å². The molecular formula is C14H17F3N2O. The number of carbonyl (C=O) groups is 1. The predicted molar refractivity (Wildman–Crippen MR) is 69.4 cm³/mol. The van der Waals surface area contributed by atoms with Crippen LogP contribution in [0, 0.1) is 5.92 Å². The van der Waals surface area contributed by atoms with Crippen molar-refractivity contribution < 1.29 is 18.0 Å². The Balaban J connectivity index is 1.75. The van der Waals surface area contributed by atoms with Crippen LogP contribution in [0.4, 0.5) is 13.2 Å². The monoisotopic (exact) mass is 286 g/mol. The third kappa shape index (κ3) is 4.52. The highest BCUT2D eigenvalue weighted by Crippen LogP contribution is 2.22. The number of hydrogen-bond acceptors (Lipinski definition) is 2. The summed E-state index contributed by atoms with van der Waals surface area (Å²) in [6, 6.07) is 8.79. The highest BCUT2D eigenvalue weighted by molar-refractivity contribution is 5.94. The minimum absolute atomic E-state index is 0.0880. The number of nitrogens with zero attached hydrogens (tertiary/aromatic N) is 1. The smallest absolute Gasteiger partial charge is 0.352 e. The van der Waals surface area contributed by atoms with E-state index in [1.807, 2.05) is 6.07 Å². The van der Waals surface area contributed by atoms with Crippen LogP contribution in [0.25, 0.3) is 0 Å². The van der Waals surface area contributed by atoms with Crippen molar-refractivity contribution in [2.45, 2.75) is 12.6 Å². The van der Waals surface area contributed by atoms with Gasteiger partial charge in [0.1, 0.15) is 0 Å². The van der Waals surface area contributed by atoms with E-state index >= 15 is 0 Å². The van der Waals surface area contributed by atoms with Crippen LogP contribution in [0.2, 0.25) is 0 Å². The second-order valence-electron chi connectivity index (χ2n) is 5.08. The molecule has 1 heterocycles. The largest absolute Gasteiger partial charge is 0.401 e. The van der Waals surface area contributed by atoms with E-state index in [1.165, 1.54) is 4.90 Å². The summed E-state index contributed by atoms with van der Waals surface area (Å²) in [6.45, 7) is 0.373. The standard InChI is InChI=1S/C14H17F3N2O/c15-14(16,17)10-19-7-6-11(9-19)8-18-13(20)12-4-2-1-3-5-12/h1-5,11H,6-10H2,(H,18,20). The first-order valence-corrected chi connectivity index (χ1v) is 6.56. The number of amides is 1. The average molecular weight is 286 g/mol. The fourth-order valence-electron chi connectivity index (χ4n) is 2.41. The third-order valence-electron chi connectivity index (χ3n) is 3.36. The van der Waals surface area contributed by atoms with Gasteiger partial charge in [-0.05, 0) is 31.0 Å². The van der Waals surface area contributed by atoms with Crippen molar-refractivity contribution in [3.63, 3.8) is 0 Å². The van der Waals surface area contributed by atoms with Crippen LogP contribution in [0.5, 0.6) is 0 Å². The summed E-state index contributed by atoms with van der Waals surface area (Å²) in [6.07, 6.45) is -3.46. The van der Waals surface area contributed by atoms with Gasteiger partial charge in [-0.3, -0.25) is 9.69 Å². The van der Waals surface area contributed by atoms with Gasteiger partial charge in [0.25, 0.3) is 5.91 Å². The zero-order valence-electron chi connectivity index (χ0n) is 11.0. The highest BCUT2D eigenvalue weighted by Gasteiger charge is 2.34. The molecule has 1 N–H and O–H groups in total. The lowest BCUT2D eigenvalue weighted by Crippen LogP contribution is -2.34. The molecule has 0 aromatic heterocycles. The maximum atomic E-state index is 12.3. The molecule has 0 saturated carbocycles. The zero-order chi connectivity index (χ0) is 14.6. The molecule has 1 aromatic rings. The lowest BCUT2D eigenvalue weighted by molar-refractivity contribution is -0.143. The van der Waals surface area contributed by atoms with Crippen LogP contribution < -0.4 is 5.32 Å². The summed E-state index contributed by atoms with van der Waals surface area (Å²) in [5.41, 5.74) is 0.567. The van der Waals surface area contributed by atoms with E-state index in [0.29, 0.717) is 31.6 Å². The van der Waals surface area contributed by atoms with Crippen molar-refractivity contribution in [3.05, 3.63) is 35.9 Å². The second-order valence-corrected chi connectivity index (χ2v) is 5.08. The Bertz CT molecular complexity index is 447. The Morgan fingerprint density at radius 2 is 2.00 bits per heavy atom. The summed E-state index contributed by atoms with van der Waals surface area (Å²) >= 11 is 0. The normalized spacial score (nSPS) is 20.1. The van der Waals surface area contributed by atoms with Crippen molar-refractivity contribution in [3.8, 4) is 0 Å². The molecule has 20 heavy (non-hydrogen) atoms. The van der Waals surface area contributed by atoms with Gasteiger partial charge in [0, 0.05) is 18.7 Å². The molecule has 1 unspecified atom stereocenters. The van der Waals surface area contributed by atoms with Crippen molar-refractivity contribution in [2.75, 3.05) is 26.2 Å². The first-order valence-electron chi connectivity index (χ1n) is 6.56. The van der Waals surface area contributed by atoms with Gasteiger partial charge < -0.3 is 5.32 Å². The Morgan fingerprint density at radius 1 is 1.30 bits per heavy atom. The number of halogens is 3. The first kappa shape index (κ1) is 14.8. The van der Waals surface area contributed by atoms with Crippen LogP contribution in [0.15, 0.2) is 30.3 Å².